The minimum atomic E-state index is 0.843. The van der Waals surface area contributed by atoms with E-state index in [0.29, 0.717) is 0 Å². The molecule has 0 fully saturated rings. The summed E-state index contributed by atoms with van der Waals surface area (Å²) in [6.45, 7) is 0. The highest BCUT2D eigenvalue weighted by Gasteiger charge is 2.04. The van der Waals surface area contributed by atoms with Crippen LogP contribution in [-0.2, 0) is 0 Å². The van der Waals surface area contributed by atoms with Gasteiger partial charge in [0.25, 0.3) is 0 Å². The number of H-pyrrole nitrogens is 1. The molecule has 0 radical (unpaired) electrons. The monoisotopic (exact) mass is 251 g/mol. The second-order valence-corrected chi connectivity index (χ2v) is 3.75. The molecule has 0 atom stereocenters. The number of rotatable bonds is 2. The van der Waals surface area contributed by atoms with E-state index in [0.717, 1.165) is 21.5 Å². The van der Waals surface area contributed by atoms with Gasteiger partial charge in [0.15, 0.2) is 0 Å². The zero-order chi connectivity index (χ0) is 9.97. The van der Waals surface area contributed by atoms with Crippen molar-refractivity contribution in [2.45, 2.75) is 0 Å². The first-order valence-corrected chi connectivity index (χ1v) is 5.08. The van der Waals surface area contributed by atoms with Gasteiger partial charge in [0.1, 0.15) is 5.82 Å². The van der Waals surface area contributed by atoms with Gasteiger partial charge < -0.3 is 5.32 Å². The van der Waals surface area contributed by atoms with Crippen molar-refractivity contribution < 1.29 is 0 Å². The van der Waals surface area contributed by atoms with E-state index in [1.165, 1.54) is 0 Å². The van der Waals surface area contributed by atoms with Crippen LogP contribution in [0.25, 0.3) is 11.3 Å². The van der Waals surface area contributed by atoms with Gasteiger partial charge in [-0.3, -0.25) is 5.10 Å². The molecule has 2 aromatic rings. The van der Waals surface area contributed by atoms with Crippen LogP contribution in [0.2, 0.25) is 0 Å². The minimum absolute atomic E-state index is 0.843. The molecular formula is C10H10BrN3. The number of nitrogens with zero attached hydrogens (tertiary/aromatic N) is 1. The van der Waals surface area contributed by atoms with Crippen molar-refractivity contribution in [3.05, 3.63) is 34.8 Å². The summed E-state index contributed by atoms with van der Waals surface area (Å²) in [4.78, 5) is 0. The average Bonchev–Trinajstić information content (AvgIpc) is 2.67. The number of aromatic nitrogens is 2. The molecule has 0 unspecified atom stereocenters. The third-order valence-electron chi connectivity index (χ3n) is 2.00. The van der Waals surface area contributed by atoms with Crippen LogP contribution in [-0.4, -0.2) is 17.2 Å². The molecule has 2 rings (SSSR count). The lowest BCUT2D eigenvalue weighted by molar-refractivity contribution is 1.09. The highest BCUT2D eigenvalue weighted by atomic mass is 79.9. The Morgan fingerprint density at radius 1 is 1.36 bits per heavy atom. The molecular weight excluding hydrogens is 242 g/mol. The average molecular weight is 252 g/mol. The van der Waals surface area contributed by atoms with Crippen molar-refractivity contribution in [2.24, 2.45) is 0 Å². The van der Waals surface area contributed by atoms with Crippen molar-refractivity contribution in [1.29, 1.82) is 0 Å². The Morgan fingerprint density at radius 2 is 2.14 bits per heavy atom. The van der Waals surface area contributed by atoms with Gasteiger partial charge in [0.2, 0.25) is 0 Å². The van der Waals surface area contributed by atoms with Crippen LogP contribution in [0.1, 0.15) is 0 Å². The lowest BCUT2D eigenvalue weighted by Gasteiger charge is -1.99. The Morgan fingerprint density at radius 3 is 2.79 bits per heavy atom. The molecule has 1 heterocycles. The standard InChI is InChI=1S/C10H10BrN3/c1-12-10-6-9(13-14-10)7-4-2-3-5-8(7)11/h2-6H,1H3,(H2,12,13,14). The fourth-order valence-electron chi connectivity index (χ4n) is 1.27. The highest BCUT2D eigenvalue weighted by molar-refractivity contribution is 9.10. The van der Waals surface area contributed by atoms with Crippen molar-refractivity contribution in [3.8, 4) is 11.3 Å². The Balaban J connectivity index is 2.44. The van der Waals surface area contributed by atoms with Crippen LogP contribution in [0.3, 0.4) is 0 Å². The number of nitrogens with one attached hydrogen (secondary N) is 2. The fourth-order valence-corrected chi connectivity index (χ4v) is 1.77. The van der Waals surface area contributed by atoms with E-state index in [4.69, 9.17) is 0 Å². The molecule has 0 bridgehead atoms. The predicted molar refractivity (Wildman–Crippen MR) is 61.3 cm³/mol. The van der Waals surface area contributed by atoms with E-state index >= 15 is 0 Å². The first-order valence-electron chi connectivity index (χ1n) is 4.29. The van der Waals surface area contributed by atoms with Crippen molar-refractivity contribution in [1.82, 2.24) is 10.2 Å². The van der Waals surface area contributed by atoms with E-state index < -0.39 is 0 Å². The Hall–Kier alpha value is -1.29. The van der Waals surface area contributed by atoms with Gasteiger partial charge in [-0.2, -0.15) is 5.10 Å². The second-order valence-electron chi connectivity index (χ2n) is 2.90. The molecule has 0 saturated heterocycles. The number of hydrogen-bond acceptors (Lipinski definition) is 2. The molecule has 2 N–H and O–H groups in total. The quantitative estimate of drug-likeness (QED) is 0.862. The zero-order valence-electron chi connectivity index (χ0n) is 7.71. The van der Waals surface area contributed by atoms with Gasteiger partial charge in [0, 0.05) is 23.2 Å². The van der Waals surface area contributed by atoms with Crippen molar-refractivity contribution in [3.63, 3.8) is 0 Å². The maximum Gasteiger partial charge on any atom is 0.148 e. The summed E-state index contributed by atoms with van der Waals surface area (Å²) in [5.41, 5.74) is 2.11. The summed E-state index contributed by atoms with van der Waals surface area (Å²) >= 11 is 3.50. The molecule has 14 heavy (non-hydrogen) atoms. The molecule has 72 valence electrons. The third-order valence-corrected chi connectivity index (χ3v) is 2.69. The first-order chi connectivity index (χ1) is 6.81. The number of benzene rings is 1. The molecule has 0 aliphatic heterocycles. The maximum absolute atomic E-state index is 4.10. The van der Waals surface area contributed by atoms with Crippen LogP contribution in [0.4, 0.5) is 5.82 Å². The number of halogens is 1. The molecule has 0 saturated carbocycles. The first kappa shape index (κ1) is 9.27. The van der Waals surface area contributed by atoms with Gasteiger partial charge in [-0.1, -0.05) is 34.1 Å². The number of anilines is 1. The highest BCUT2D eigenvalue weighted by Crippen LogP contribution is 2.27. The molecule has 0 aliphatic carbocycles. The molecule has 0 spiro atoms. The summed E-state index contributed by atoms with van der Waals surface area (Å²) in [7, 11) is 1.85. The lowest BCUT2D eigenvalue weighted by atomic mass is 10.1. The largest absolute Gasteiger partial charge is 0.372 e. The van der Waals surface area contributed by atoms with E-state index in [9.17, 15) is 0 Å². The van der Waals surface area contributed by atoms with Crippen molar-refractivity contribution >= 4 is 21.7 Å². The Bertz CT molecular complexity index is 436. The second kappa shape index (κ2) is 3.84. The van der Waals surface area contributed by atoms with E-state index in [1.54, 1.807) is 0 Å². The fraction of sp³-hybridized carbons (Fsp3) is 0.100. The number of aromatic amines is 1. The van der Waals surface area contributed by atoms with Crippen molar-refractivity contribution in [2.75, 3.05) is 12.4 Å². The van der Waals surface area contributed by atoms with Crippen LogP contribution >= 0.6 is 15.9 Å². The van der Waals surface area contributed by atoms with Gasteiger partial charge in [-0.25, -0.2) is 0 Å². The van der Waals surface area contributed by atoms with Gasteiger partial charge in [0.05, 0.1) is 5.69 Å². The number of hydrogen-bond donors (Lipinski definition) is 2. The summed E-state index contributed by atoms with van der Waals surface area (Å²) in [5.74, 6) is 0.843. The van der Waals surface area contributed by atoms with Crippen LogP contribution < -0.4 is 5.32 Å². The van der Waals surface area contributed by atoms with Crippen LogP contribution in [0.15, 0.2) is 34.8 Å². The third kappa shape index (κ3) is 1.65. The lowest BCUT2D eigenvalue weighted by Crippen LogP contribution is -1.85. The molecule has 3 nitrogen and oxygen atoms in total. The van der Waals surface area contributed by atoms with Crippen LogP contribution in [0, 0.1) is 0 Å². The smallest absolute Gasteiger partial charge is 0.148 e. The molecule has 4 heteroatoms. The molecule has 1 aromatic carbocycles. The van der Waals surface area contributed by atoms with Gasteiger partial charge in [-0.15, -0.1) is 0 Å². The van der Waals surface area contributed by atoms with E-state index in [2.05, 4.69) is 31.4 Å². The summed E-state index contributed by atoms with van der Waals surface area (Å²) in [6.07, 6.45) is 0. The minimum Gasteiger partial charge on any atom is -0.372 e. The zero-order valence-corrected chi connectivity index (χ0v) is 9.30. The van der Waals surface area contributed by atoms with Gasteiger partial charge in [-0.05, 0) is 6.07 Å². The van der Waals surface area contributed by atoms with E-state index in [1.807, 2.05) is 37.4 Å². The predicted octanol–water partition coefficient (Wildman–Crippen LogP) is 2.88. The summed E-state index contributed by atoms with van der Waals surface area (Å²) < 4.78 is 1.06. The maximum atomic E-state index is 4.10. The van der Waals surface area contributed by atoms with Gasteiger partial charge >= 0.3 is 0 Å². The summed E-state index contributed by atoms with van der Waals surface area (Å²) in [6, 6.07) is 10.0. The SMILES string of the molecule is CNc1cc(-c2ccccc2Br)[nH]n1. The normalized spacial score (nSPS) is 10.1. The Labute approximate surface area is 90.7 Å². The van der Waals surface area contributed by atoms with Crippen LogP contribution in [0.5, 0.6) is 0 Å². The Kier molecular flexibility index (Phi) is 2.54. The summed E-state index contributed by atoms with van der Waals surface area (Å²) in [5, 5.41) is 10.0. The topological polar surface area (TPSA) is 40.7 Å². The molecule has 1 aromatic heterocycles. The molecule has 0 amide bonds. The van der Waals surface area contributed by atoms with E-state index in [-0.39, 0.29) is 0 Å². The molecule has 0 aliphatic rings.